The van der Waals surface area contributed by atoms with E-state index in [1.54, 1.807) is 0 Å². The van der Waals surface area contributed by atoms with E-state index in [1.165, 1.54) is 22.3 Å². The Morgan fingerprint density at radius 2 is 1.70 bits per heavy atom. The molecule has 1 heteroatoms. The Morgan fingerprint density at radius 1 is 1.10 bits per heavy atom. The number of nitrogens with one attached hydrogen (secondary N) is 1. The third kappa shape index (κ3) is 4.27. The maximum atomic E-state index is 4.09. The standard InChI is InChI=1S/C19H25N/c1-7-15(4)16(5)19(14(2)3)13-10-17-8-11-18(20-6)12-9-17/h7-13,20H,2H2,1,3-6H3/b13-10+,15-7-,19-16-. The van der Waals surface area contributed by atoms with Crippen molar-refractivity contribution >= 4 is 11.8 Å². The van der Waals surface area contributed by atoms with Crippen molar-refractivity contribution in [1.29, 1.82) is 0 Å². The van der Waals surface area contributed by atoms with Crippen LogP contribution in [0.4, 0.5) is 5.69 Å². The van der Waals surface area contributed by atoms with Gasteiger partial charge in [-0.05, 0) is 56.5 Å². The predicted octanol–water partition coefficient (Wildman–Crippen LogP) is 5.60. The molecule has 0 radical (unpaired) electrons. The molecule has 0 bridgehead atoms. The van der Waals surface area contributed by atoms with Crippen LogP contribution < -0.4 is 5.32 Å². The van der Waals surface area contributed by atoms with E-state index in [-0.39, 0.29) is 0 Å². The molecule has 1 aromatic rings. The van der Waals surface area contributed by atoms with Crippen molar-refractivity contribution in [2.45, 2.75) is 27.7 Å². The van der Waals surface area contributed by atoms with Crippen LogP contribution in [-0.4, -0.2) is 7.05 Å². The second-order valence-corrected chi connectivity index (χ2v) is 5.00. The van der Waals surface area contributed by atoms with E-state index in [1.807, 2.05) is 7.05 Å². The van der Waals surface area contributed by atoms with Gasteiger partial charge in [-0.3, -0.25) is 0 Å². The van der Waals surface area contributed by atoms with E-state index in [0.29, 0.717) is 0 Å². The second-order valence-electron chi connectivity index (χ2n) is 5.00. The molecule has 1 rings (SSSR count). The summed E-state index contributed by atoms with van der Waals surface area (Å²) in [5.41, 5.74) is 7.18. The van der Waals surface area contributed by atoms with Gasteiger partial charge in [0, 0.05) is 12.7 Å². The van der Waals surface area contributed by atoms with Crippen molar-refractivity contribution in [2.75, 3.05) is 12.4 Å². The molecule has 1 aromatic carbocycles. The van der Waals surface area contributed by atoms with Crippen molar-refractivity contribution in [1.82, 2.24) is 0 Å². The quantitative estimate of drug-likeness (QED) is 0.685. The molecule has 0 atom stereocenters. The molecule has 0 saturated carbocycles. The van der Waals surface area contributed by atoms with E-state index in [4.69, 9.17) is 0 Å². The maximum absolute atomic E-state index is 4.09. The van der Waals surface area contributed by atoms with E-state index in [9.17, 15) is 0 Å². The van der Waals surface area contributed by atoms with Gasteiger partial charge in [-0.25, -0.2) is 0 Å². The summed E-state index contributed by atoms with van der Waals surface area (Å²) in [6.45, 7) is 12.5. The lowest BCUT2D eigenvalue weighted by atomic mass is 9.97. The fourth-order valence-electron chi connectivity index (χ4n) is 1.96. The Kier molecular flexibility index (Phi) is 6.05. The van der Waals surface area contributed by atoms with Crippen molar-refractivity contribution < 1.29 is 0 Å². The lowest BCUT2D eigenvalue weighted by molar-refractivity contribution is 1.26. The molecular formula is C19H25N. The second kappa shape index (κ2) is 7.54. The average Bonchev–Trinajstić information content (AvgIpc) is 2.46. The lowest BCUT2D eigenvalue weighted by Gasteiger charge is -2.09. The topological polar surface area (TPSA) is 12.0 Å². The Morgan fingerprint density at radius 3 is 2.15 bits per heavy atom. The Balaban J connectivity index is 3.07. The molecule has 0 aliphatic rings. The fraction of sp³-hybridized carbons (Fsp3) is 0.263. The smallest absolute Gasteiger partial charge is 0.0337 e. The molecule has 20 heavy (non-hydrogen) atoms. The molecule has 0 amide bonds. The molecule has 0 unspecified atom stereocenters. The summed E-state index contributed by atoms with van der Waals surface area (Å²) in [5, 5.41) is 3.12. The van der Waals surface area contributed by atoms with Crippen molar-refractivity contribution in [3.63, 3.8) is 0 Å². The Hall–Kier alpha value is -2.02. The van der Waals surface area contributed by atoms with Gasteiger partial charge in [-0.1, -0.05) is 48.1 Å². The summed E-state index contributed by atoms with van der Waals surface area (Å²) in [4.78, 5) is 0. The normalized spacial score (nSPS) is 13.3. The minimum Gasteiger partial charge on any atom is -0.388 e. The third-order valence-corrected chi connectivity index (χ3v) is 3.53. The molecule has 106 valence electrons. The van der Waals surface area contributed by atoms with Crippen LogP contribution in [-0.2, 0) is 0 Å². The number of hydrogen-bond donors (Lipinski definition) is 1. The number of benzene rings is 1. The number of hydrogen-bond acceptors (Lipinski definition) is 1. The average molecular weight is 267 g/mol. The van der Waals surface area contributed by atoms with Crippen molar-refractivity contribution in [2.24, 2.45) is 0 Å². The van der Waals surface area contributed by atoms with Gasteiger partial charge in [0.2, 0.25) is 0 Å². The third-order valence-electron chi connectivity index (χ3n) is 3.53. The zero-order valence-electron chi connectivity index (χ0n) is 13.2. The number of anilines is 1. The predicted molar refractivity (Wildman–Crippen MR) is 92.0 cm³/mol. The summed E-state index contributed by atoms with van der Waals surface area (Å²) in [6, 6.07) is 8.37. The van der Waals surface area contributed by atoms with Crippen molar-refractivity contribution in [3.8, 4) is 0 Å². The summed E-state index contributed by atoms with van der Waals surface area (Å²) in [7, 11) is 1.93. The van der Waals surface area contributed by atoms with Gasteiger partial charge in [0.05, 0.1) is 0 Å². The molecule has 1 N–H and O–H groups in total. The minimum absolute atomic E-state index is 1.09. The van der Waals surface area contributed by atoms with Gasteiger partial charge in [0.15, 0.2) is 0 Å². The van der Waals surface area contributed by atoms with Crippen LogP contribution in [0, 0.1) is 0 Å². The van der Waals surface area contributed by atoms with Gasteiger partial charge in [-0.15, -0.1) is 0 Å². The van der Waals surface area contributed by atoms with Crippen LogP contribution in [0.5, 0.6) is 0 Å². The lowest BCUT2D eigenvalue weighted by Crippen LogP contribution is -1.89. The van der Waals surface area contributed by atoms with Crippen molar-refractivity contribution in [3.05, 3.63) is 70.9 Å². The van der Waals surface area contributed by atoms with Gasteiger partial charge in [0.1, 0.15) is 0 Å². The molecule has 0 spiro atoms. The van der Waals surface area contributed by atoms with E-state index >= 15 is 0 Å². The van der Waals surface area contributed by atoms with E-state index < -0.39 is 0 Å². The van der Waals surface area contributed by atoms with Gasteiger partial charge in [0.25, 0.3) is 0 Å². The molecule has 1 nitrogen and oxygen atoms in total. The SMILES string of the molecule is C=C(C)C(/C=C/c1ccc(NC)cc1)=C(C)\C(C)=C/C. The summed E-state index contributed by atoms with van der Waals surface area (Å²) in [6.07, 6.45) is 6.42. The van der Waals surface area contributed by atoms with Crippen LogP contribution >= 0.6 is 0 Å². The fourth-order valence-corrected chi connectivity index (χ4v) is 1.96. The Bertz CT molecular complexity index is 554. The van der Waals surface area contributed by atoms with Crippen LogP contribution in [0.2, 0.25) is 0 Å². The van der Waals surface area contributed by atoms with Gasteiger partial charge < -0.3 is 5.32 Å². The minimum atomic E-state index is 1.09. The molecule has 0 aromatic heterocycles. The maximum Gasteiger partial charge on any atom is 0.0337 e. The van der Waals surface area contributed by atoms with Crippen LogP contribution in [0.15, 0.2) is 65.3 Å². The summed E-state index contributed by atoms with van der Waals surface area (Å²) in [5.74, 6) is 0. The highest BCUT2D eigenvalue weighted by molar-refractivity contribution is 5.60. The first-order valence-electron chi connectivity index (χ1n) is 6.95. The molecule has 0 saturated heterocycles. The summed E-state index contributed by atoms with van der Waals surface area (Å²) < 4.78 is 0. The monoisotopic (exact) mass is 267 g/mol. The number of rotatable bonds is 5. The first kappa shape index (κ1) is 16.0. The molecular weight excluding hydrogens is 242 g/mol. The van der Waals surface area contributed by atoms with E-state index in [2.05, 4.69) is 82.1 Å². The van der Waals surface area contributed by atoms with Crippen LogP contribution in [0.25, 0.3) is 6.08 Å². The zero-order valence-corrected chi connectivity index (χ0v) is 13.2. The molecule has 0 aliphatic heterocycles. The Labute approximate surface area is 123 Å². The highest BCUT2D eigenvalue weighted by atomic mass is 14.8. The molecule has 0 heterocycles. The molecule has 0 fully saturated rings. The number of allylic oxidation sites excluding steroid dienone is 6. The molecule has 0 aliphatic carbocycles. The highest BCUT2D eigenvalue weighted by Crippen LogP contribution is 2.22. The van der Waals surface area contributed by atoms with E-state index in [0.717, 1.165) is 11.3 Å². The van der Waals surface area contributed by atoms with Crippen LogP contribution in [0.1, 0.15) is 33.3 Å². The van der Waals surface area contributed by atoms with Gasteiger partial charge >= 0.3 is 0 Å². The first-order valence-corrected chi connectivity index (χ1v) is 6.95. The largest absolute Gasteiger partial charge is 0.388 e. The highest BCUT2D eigenvalue weighted by Gasteiger charge is 2.01. The van der Waals surface area contributed by atoms with Crippen LogP contribution in [0.3, 0.4) is 0 Å². The summed E-state index contributed by atoms with van der Waals surface area (Å²) >= 11 is 0. The first-order chi connectivity index (χ1) is 9.49. The van der Waals surface area contributed by atoms with Gasteiger partial charge in [-0.2, -0.15) is 0 Å². The zero-order chi connectivity index (χ0) is 15.1.